The summed E-state index contributed by atoms with van der Waals surface area (Å²) in [6.07, 6.45) is 0. The van der Waals surface area contributed by atoms with Crippen LogP contribution in [0.3, 0.4) is 0 Å². The Bertz CT molecular complexity index is 4180. The molecule has 4 aliphatic heterocycles. The van der Waals surface area contributed by atoms with Crippen molar-refractivity contribution < 1.29 is 57.2 Å². The molecule has 8 aromatic rings. The Balaban J connectivity index is 1.11. The lowest BCUT2D eigenvalue weighted by Crippen LogP contribution is -2.52. The Morgan fingerprint density at radius 2 is 0.872 bits per heavy atom. The second kappa shape index (κ2) is 23.9. The lowest BCUT2D eigenvalue weighted by atomic mass is 9.88. The number of carbonyl (C=O) groups is 6. The van der Waals surface area contributed by atoms with E-state index in [2.05, 4.69) is 0 Å². The summed E-state index contributed by atoms with van der Waals surface area (Å²) >= 11 is 11.5. The lowest BCUT2D eigenvalue weighted by molar-refractivity contribution is -0.184. The highest BCUT2D eigenvalue weighted by Crippen LogP contribution is 2.65. The minimum absolute atomic E-state index is 0.00436. The van der Waals surface area contributed by atoms with Crippen molar-refractivity contribution >= 4 is 151 Å². The number of amides is 2. The molecule has 0 bridgehead atoms. The van der Waals surface area contributed by atoms with E-state index < -0.39 is 46.9 Å². The molecule has 8 heterocycles. The number of esters is 4. The van der Waals surface area contributed by atoms with E-state index in [1.807, 2.05) is 12.1 Å². The number of nitrogens with zero attached hydrogens (tertiary/aromatic N) is 6. The number of rotatable bonds is 16. The zero-order valence-corrected chi connectivity index (χ0v) is 50.6. The first kappa shape index (κ1) is 57.6. The van der Waals surface area contributed by atoms with Crippen molar-refractivity contribution in [3.05, 3.63) is 177 Å². The fourth-order valence-corrected chi connectivity index (χ4v) is 17.4. The van der Waals surface area contributed by atoms with E-state index in [1.165, 1.54) is 21.9 Å². The van der Waals surface area contributed by atoms with Crippen molar-refractivity contribution in [3.8, 4) is 43.1 Å². The monoisotopic (exact) mass is 1270 g/mol. The van der Waals surface area contributed by atoms with Gasteiger partial charge in [0.2, 0.25) is 0 Å². The van der Waals surface area contributed by atoms with E-state index in [0.29, 0.717) is 42.9 Å². The largest absolute Gasteiger partial charge is 0.458 e. The molecule has 428 valence electrons. The first-order chi connectivity index (χ1) is 41.8. The van der Waals surface area contributed by atoms with E-state index in [-0.39, 0.29) is 105 Å². The summed E-state index contributed by atoms with van der Waals surface area (Å²) in [7, 11) is 0. The Hall–Kier alpha value is -8.79. The van der Waals surface area contributed by atoms with Gasteiger partial charge in [-0.3, -0.25) is 19.4 Å². The number of hydrogen-bond acceptors (Lipinski definition) is 23. The second-order valence-electron chi connectivity index (χ2n) is 18.9. The number of benzene rings is 4. The van der Waals surface area contributed by atoms with Gasteiger partial charge >= 0.3 is 35.1 Å². The van der Waals surface area contributed by atoms with E-state index in [9.17, 15) is 20.1 Å². The van der Waals surface area contributed by atoms with Gasteiger partial charge in [-0.1, -0.05) is 134 Å². The molecule has 0 atom stereocenters. The molecule has 25 heteroatoms. The van der Waals surface area contributed by atoms with Crippen molar-refractivity contribution in [1.82, 2.24) is 9.80 Å². The number of carbonyl (C=O) groups excluding carboxylic acids is 6. The molecule has 86 heavy (non-hydrogen) atoms. The highest BCUT2D eigenvalue weighted by molar-refractivity contribution is 8.35. The van der Waals surface area contributed by atoms with Crippen LogP contribution in [0, 0.1) is 22.7 Å². The van der Waals surface area contributed by atoms with Crippen LogP contribution in [0.1, 0.15) is 47.2 Å². The summed E-state index contributed by atoms with van der Waals surface area (Å²) < 4.78 is 39.0. The molecule has 0 N–H and O–H groups in total. The number of thioether (sulfide) groups is 2. The molecule has 18 nitrogen and oxygen atoms in total. The zero-order valence-electron chi connectivity index (χ0n) is 44.9. The number of ether oxygens (including phenoxy) is 6. The lowest BCUT2D eigenvalue weighted by Gasteiger charge is -2.33. The number of thiophene rings is 4. The van der Waals surface area contributed by atoms with Crippen LogP contribution in [0.25, 0.3) is 28.9 Å². The van der Waals surface area contributed by atoms with Gasteiger partial charge in [-0.15, -0.1) is 45.3 Å². The van der Waals surface area contributed by atoms with E-state index in [4.69, 9.17) is 50.6 Å². The Labute approximate surface area is 519 Å². The third kappa shape index (κ3) is 10.2. The molecule has 0 aliphatic carbocycles. The highest BCUT2D eigenvalue weighted by Gasteiger charge is 2.64. The molecule has 4 aromatic heterocycles. The summed E-state index contributed by atoms with van der Waals surface area (Å²) in [5, 5.41) is 20.1. The molecule has 0 unspecified atom stereocenters. The molecular formula is C61H40N6O12S7. The Kier molecular flexibility index (Phi) is 16.0. The Morgan fingerprint density at radius 3 is 1.21 bits per heavy atom. The van der Waals surface area contributed by atoms with E-state index in [0.717, 1.165) is 68.9 Å². The van der Waals surface area contributed by atoms with Crippen LogP contribution in [0.4, 0.5) is 10.0 Å². The van der Waals surface area contributed by atoms with Crippen LogP contribution in [0.5, 0.6) is 11.5 Å². The van der Waals surface area contributed by atoms with Crippen LogP contribution in [-0.2, 0) is 85.3 Å². The van der Waals surface area contributed by atoms with Gasteiger partial charge in [0.25, 0.3) is 11.8 Å². The molecule has 4 aliphatic rings. The van der Waals surface area contributed by atoms with Gasteiger partial charge in [0.05, 0.1) is 40.0 Å². The average molecular weight is 1270 g/mol. The summed E-state index contributed by atoms with van der Waals surface area (Å²) in [4.78, 5) is 104. The molecule has 2 saturated heterocycles. The summed E-state index contributed by atoms with van der Waals surface area (Å²) in [6, 6.07) is 41.8. The van der Waals surface area contributed by atoms with Crippen molar-refractivity contribution in [2.24, 2.45) is 9.98 Å². The van der Waals surface area contributed by atoms with Crippen LogP contribution in [0.15, 0.2) is 154 Å². The minimum atomic E-state index is -2.81. The molecule has 12 rings (SSSR count). The van der Waals surface area contributed by atoms with Crippen LogP contribution >= 0.6 is 81.1 Å². The standard InChI is InChI=1S/C61H40N6O12S7/c1-3-66-52(68)50(85-54(66)37(27-62)28-63)64-40-25-38-44(81-40)46-42(60(78-38,55(70)74-29-33-17-9-5-10-18-33)56(71)75-30-34-19-11-6-12-20-34)48-49(83-46)43-47(84-48)45-39(26-41(82-45)65-51-53(69)67(4-2)59(80)86-51)79-61(43,57(72)76-31-35-21-13-7-14-22-35)58(73)77-32-36-23-15-8-16-24-36/h5-26H,3-4,29-32H2,1-2H3/b64-50-,65-51-. The number of aliphatic imine (C=N–C) groups is 2. The third-order valence-electron chi connectivity index (χ3n) is 13.7. The number of fused-ring (bicyclic) bond motifs is 9. The van der Waals surface area contributed by atoms with Crippen LogP contribution in [0.2, 0.25) is 0 Å². The van der Waals surface area contributed by atoms with Crippen molar-refractivity contribution in [1.29, 1.82) is 10.5 Å². The molecule has 0 spiro atoms. The molecular weight excluding hydrogens is 1230 g/mol. The van der Waals surface area contributed by atoms with Crippen molar-refractivity contribution in [2.75, 3.05) is 13.1 Å². The smallest absolute Gasteiger partial charge is 0.367 e. The maximum Gasteiger partial charge on any atom is 0.367 e. The third-order valence-corrected chi connectivity index (χ3v) is 21.0. The van der Waals surface area contributed by atoms with Crippen LogP contribution in [-0.4, -0.2) is 73.0 Å². The second-order valence-corrected chi connectivity index (χ2v) is 25.6. The highest BCUT2D eigenvalue weighted by atomic mass is 32.2. The number of hydrogen-bond donors (Lipinski definition) is 0. The van der Waals surface area contributed by atoms with Crippen molar-refractivity contribution in [3.63, 3.8) is 0 Å². The molecule has 2 fully saturated rings. The number of thiocarbonyl (C=S) groups is 1. The van der Waals surface area contributed by atoms with Gasteiger partial charge < -0.3 is 28.4 Å². The predicted molar refractivity (Wildman–Crippen MR) is 331 cm³/mol. The SMILES string of the molecule is CCN1C(=O)/C(=N/c2cc3c(s2)-c2sc4c5c(sc4c2C(C(=O)OCc2ccccc2)(C(=O)OCc2ccccc2)O3)-c2sc(/N=C3\SC(=C(C#N)C#N)N(CC)C3=O)cc2OC5(C(=O)OCc2ccccc2)C(=O)OCc2ccccc2)SC1=S. The normalized spacial score (nSPS) is 16.1. The maximum atomic E-state index is 15.7. The number of allylic oxidation sites excluding steroid dienone is 1. The van der Waals surface area contributed by atoms with Gasteiger partial charge in [0, 0.05) is 25.2 Å². The maximum absolute atomic E-state index is 15.7. The Morgan fingerprint density at radius 1 is 0.523 bits per heavy atom. The van der Waals surface area contributed by atoms with Gasteiger partial charge in [0.15, 0.2) is 15.7 Å². The zero-order chi connectivity index (χ0) is 59.9. The average Bonchev–Trinajstić information content (AvgIpc) is 1.51. The van der Waals surface area contributed by atoms with E-state index >= 15 is 19.2 Å². The summed E-state index contributed by atoms with van der Waals surface area (Å²) in [6.45, 7) is 2.63. The van der Waals surface area contributed by atoms with Gasteiger partial charge in [0.1, 0.15) is 69.4 Å². The predicted octanol–water partition coefficient (Wildman–Crippen LogP) is 12.4. The first-order valence-electron chi connectivity index (χ1n) is 26.2. The van der Waals surface area contributed by atoms with Crippen molar-refractivity contribution in [2.45, 2.75) is 51.5 Å². The molecule has 0 radical (unpaired) electrons. The number of nitriles is 2. The molecule has 0 saturated carbocycles. The quantitative estimate of drug-likeness (QED) is 0.0287. The fourth-order valence-electron chi connectivity index (χ4n) is 9.65. The molecule has 2 amide bonds. The van der Waals surface area contributed by atoms with Crippen LogP contribution < -0.4 is 9.47 Å². The first-order valence-corrected chi connectivity index (χ1v) is 31.5. The van der Waals surface area contributed by atoms with Gasteiger partial charge in [-0.2, -0.15) is 10.5 Å². The summed E-state index contributed by atoms with van der Waals surface area (Å²) in [5.41, 5.74) is -3.69. The summed E-state index contributed by atoms with van der Waals surface area (Å²) in [5.74, 6) is -5.77. The fraction of sp³-hybridized carbons (Fsp3) is 0.164. The molecule has 4 aromatic carbocycles. The topological polar surface area (TPSA) is 237 Å². The van der Waals surface area contributed by atoms with Gasteiger partial charge in [-0.05, 0) is 59.6 Å². The van der Waals surface area contributed by atoms with Gasteiger partial charge in [-0.25, -0.2) is 29.2 Å². The minimum Gasteiger partial charge on any atom is -0.458 e. The van der Waals surface area contributed by atoms with E-state index in [1.54, 1.807) is 135 Å².